The molecule has 100 valence electrons. The molecule has 1 aromatic carbocycles. The van der Waals surface area contributed by atoms with Crippen LogP contribution >= 0.6 is 15.9 Å². The lowest BCUT2D eigenvalue weighted by Crippen LogP contribution is -2.29. The molecule has 4 heteroatoms. The fourth-order valence-corrected chi connectivity index (χ4v) is 3.03. The second kappa shape index (κ2) is 6.66. The summed E-state index contributed by atoms with van der Waals surface area (Å²) in [6, 6.07) is 6.48. The molecular formula is C14H21BrN2O. The third kappa shape index (κ3) is 3.32. The molecule has 2 rings (SSSR count). The average Bonchev–Trinajstić information content (AvgIpc) is 2.88. The lowest BCUT2D eigenvalue weighted by molar-refractivity contribution is 0.0996. The Morgan fingerprint density at radius 1 is 1.56 bits per heavy atom. The summed E-state index contributed by atoms with van der Waals surface area (Å²) in [7, 11) is 0. The lowest BCUT2D eigenvalue weighted by Gasteiger charge is -2.20. The second-order valence-corrected chi connectivity index (χ2v) is 5.70. The van der Waals surface area contributed by atoms with Crippen molar-refractivity contribution in [2.45, 2.75) is 44.8 Å². The van der Waals surface area contributed by atoms with Gasteiger partial charge in [0.2, 0.25) is 0 Å². The van der Waals surface area contributed by atoms with Crippen molar-refractivity contribution in [3.8, 4) is 0 Å². The van der Waals surface area contributed by atoms with Crippen molar-refractivity contribution in [1.29, 1.82) is 0 Å². The molecule has 0 saturated carbocycles. The predicted molar refractivity (Wildman–Crippen MR) is 77.2 cm³/mol. The van der Waals surface area contributed by atoms with Gasteiger partial charge in [0.25, 0.3) is 0 Å². The van der Waals surface area contributed by atoms with Crippen molar-refractivity contribution >= 4 is 15.9 Å². The second-order valence-electron chi connectivity index (χ2n) is 4.91. The molecule has 0 amide bonds. The number of halogens is 1. The van der Waals surface area contributed by atoms with Crippen LogP contribution < -0.4 is 11.3 Å². The molecule has 1 aromatic rings. The van der Waals surface area contributed by atoms with E-state index in [0.717, 1.165) is 23.9 Å². The van der Waals surface area contributed by atoms with Gasteiger partial charge < -0.3 is 4.74 Å². The molecule has 1 saturated heterocycles. The molecule has 3 N–H and O–H groups in total. The summed E-state index contributed by atoms with van der Waals surface area (Å²) in [5.41, 5.74) is 5.40. The van der Waals surface area contributed by atoms with Crippen molar-refractivity contribution in [3.63, 3.8) is 0 Å². The molecule has 0 spiro atoms. The zero-order valence-corrected chi connectivity index (χ0v) is 12.4. The normalized spacial score (nSPS) is 21.2. The smallest absolute Gasteiger partial charge is 0.0576 e. The number of rotatable bonds is 5. The number of nitrogens with one attached hydrogen (secondary N) is 1. The first-order valence-corrected chi connectivity index (χ1v) is 7.34. The minimum Gasteiger partial charge on any atom is -0.378 e. The van der Waals surface area contributed by atoms with Crippen molar-refractivity contribution in [1.82, 2.24) is 5.43 Å². The van der Waals surface area contributed by atoms with E-state index in [4.69, 9.17) is 10.6 Å². The van der Waals surface area contributed by atoms with Crippen molar-refractivity contribution in [2.75, 3.05) is 6.61 Å². The quantitative estimate of drug-likeness (QED) is 0.648. The number of hydrogen-bond donors (Lipinski definition) is 2. The standard InChI is InChI=1S/C14H21BrN2O/c1-10-4-2-6-12(14(10)15)13(17-16)8-7-11-5-3-9-18-11/h2,4,6,11,13,17H,3,5,7-9,16H2,1H3. The number of hydrogen-bond acceptors (Lipinski definition) is 3. The number of ether oxygens (including phenoxy) is 1. The minimum absolute atomic E-state index is 0.184. The third-order valence-corrected chi connectivity index (χ3v) is 4.68. The maximum Gasteiger partial charge on any atom is 0.0576 e. The molecule has 0 bridgehead atoms. The van der Waals surface area contributed by atoms with Crippen LogP contribution in [0.3, 0.4) is 0 Å². The van der Waals surface area contributed by atoms with Crippen molar-refractivity contribution in [2.24, 2.45) is 5.84 Å². The predicted octanol–water partition coefficient (Wildman–Crippen LogP) is 3.22. The monoisotopic (exact) mass is 312 g/mol. The Morgan fingerprint density at radius 3 is 3.06 bits per heavy atom. The van der Waals surface area contributed by atoms with E-state index in [9.17, 15) is 0 Å². The average molecular weight is 313 g/mol. The van der Waals surface area contributed by atoms with Crippen molar-refractivity contribution in [3.05, 3.63) is 33.8 Å². The molecule has 1 aliphatic rings. The molecule has 1 fully saturated rings. The summed E-state index contributed by atoms with van der Waals surface area (Å²) in [4.78, 5) is 0. The Bertz CT molecular complexity index is 391. The van der Waals surface area contributed by atoms with Crippen LogP contribution in [0.4, 0.5) is 0 Å². The third-order valence-electron chi connectivity index (χ3n) is 3.60. The molecule has 2 atom stereocenters. The maximum absolute atomic E-state index is 5.70. The molecule has 0 radical (unpaired) electrons. The summed E-state index contributed by atoms with van der Waals surface area (Å²) in [6.07, 6.45) is 4.87. The van der Waals surface area contributed by atoms with E-state index < -0.39 is 0 Å². The molecule has 18 heavy (non-hydrogen) atoms. The van der Waals surface area contributed by atoms with Crippen LogP contribution in [-0.2, 0) is 4.74 Å². The van der Waals surface area contributed by atoms with E-state index in [-0.39, 0.29) is 6.04 Å². The molecule has 3 nitrogen and oxygen atoms in total. The molecule has 0 aromatic heterocycles. The Morgan fingerprint density at radius 2 is 2.39 bits per heavy atom. The van der Waals surface area contributed by atoms with E-state index in [2.05, 4.69) is 46.5 Å². The summed E-state index contributed by atoms with van der Waals surface area (Å²) >= 11 is 3.65. The van der Waals surface area contributed by atoms with Crippen LogP contribution in [0.25, 0.3) is 0 Å². The number of benzene rings is 1. The van der Waals surface area contributed by atoms with Gasteiger partial charge in [-0.3, -0.25) is 11.3 Å². The highest BCUT2D eigenvalue weighted by Crippen LogP contribution is 2.30. The molecule has 0 aliphatic carbocycles. The Hall–Kier alpha value is -0.420. The Balaban J connectivity index is 2.00. The molecule has 1 heterocycles. The summed E-state index contributed by atoms with van der Waals surface area (Å²) in [5, 5.41) is 0. The largest absolute Gasteiger partial charge is 0.378 e. The SMILES string of the molecule is Cc1cccc(C(CCC2CCCO2)NN)c1Br. The van der Waals surface area contributed by atoms with Crippen LogP contribution in [0, 0.1) is 6.92 Å². The summed E-state index contributed by atoms with van der Waals surface area (Å²) in [5.74, 6) is 5.70. The van der Waals surface area contributed by atoms with Gasteiger partial charge in [-0.05, 0) is 43.7 Å². The molecule has 2 unspecified atom stereocenters. The van der Waals surface area contributed by atoms with Crippen molar-refractivity contribution < 1.29 is 4.74 Å². The topological polar surface area (TPSA) is 47.3 Å². The van der Waals surface area contributed by atoms with Gasteiger partial charge in [-0.2, -0.15) is 0 Å². The first-order valence-electron chi connectivity index (χ1n) is 6.55. The van der Waals surface area contributed by atoms with Crippen LogP contribution in [0.2, 0.25) is 0 Å². The highest BCUT2D eigenvalue weighted by atomic mass is 79.9. The van der Waals surface area contributed by atoms with E-state index in [1.165, 1.54) is 24.0 Å². The Kier molecular flexibility index (Phi) is 5.18. The summed E-state index contributed by atoms with van der Waals surface area (Å²) in [6.45, 7) is 3.01. The van der Waals surface area contributed by atoms with E-state index in [1.54, 1.807) is 0 Å². The van der Waals surface area contributed by atoms with Crippen LogP contribution in [0.5, 0.6) is 0 Å². The first-order chi connectivity index (χ1) is 8.72. The van der Waals surface area contributed by atoms with Gasteiger partial charge in [0.1, 0.15) is 0 Å². The van der Waals surface area contributed by atoms with Crippen LogP contribution in [0.1, 0.15) is 42.9 Å². The van der Waals surface area contributed by atoms with Crippen LogP contribution in [0.15, 0.2) is 22.7 Å². The fourth-order valence-electron chi connectivity index (χ4n) is 2.49. The van der Waals surface area contributed by atoms with Gasteiger partial charge in [0, 0.05) is 17.1 Å². The molecule has 1 aliphatic heterocycles. The minimum atomic E-state index is 0.184. The highest BCUT2D eigenvalue weighted by Gasteiger charge is 2.19. The number of nitrogens with two attached hydrogens (primary N) is 1. The lowest BCUT2D eigenvalue weighted by atomic mass is 9.98. The highest BCUT2D eigenvalue weighted by molar-refractivity contribution is 9.10. The zero-order chi connectivity index (χ0) is 13.0. The van der Waals surface area contributed by atoms with E-state index in [1.807, 2.05) is 0 Å². The first kappa shape index (κ1) is 14.0. The Labute approximate surface area is 117 Å². The van der Waals surface area contributed by atoms with Gasteiger partial charge >= 0.3 is 0 Å². The zero-order valence-electron chi connectivity index (χ0n) is 10.8. The van der Waals surface area contributed by atoms with Gasteiger partial charge in [-0.1, -0.05) is 34.1 Å². The summed E-state index contributed by atoms with van der Waals surface area (Å²) < 4.78 is 6.81. The van der Waals surface area contributed by atoms with Gasteiger partial charge in [0.15, 0.2) is 0 Å². The van der Waals surface area contributed by atoms with E-state index >= 15 is 0 Å². The van der Waals surface area contributed by atoms with Crippen LogP contribution in [-0.4, -0.2) is 12.7 Å². The van der Waals surface area contributed by atoms with Gasteiger partial charge in [-0.15, -0.1) is 0 Å². The molecular weight excluding hydrogens is 292 g/mol. The van der Waals surface area contributed by atoms with Gasteiger partial charge in [-0.25, -0.2) is 0 Å². The number of hydrazine groups is 1. The number of aryl methyl sites for hydroxylation is 1. The maximum atomic E-state index is 5.70. The fraction of sp³-hybridized carbons (Fsp3) is 0.571. The van der Waals surface area contributed by atoms with Gasteiger partial charge in [0.05, 0.1) is 6.10 Å². The van der Waals surface area contributed by atoms with E-state index in [0.29, 0.717) is 6.10 Å².